The van der Waals surface area contributed by atoms with Crippen molar-refractivity contribution in [2.24, 2.45) is 0 Å². The van der Waals surface area contributed by atoms with E-state index < -0.39 is 5.54 Å². The lowest BCUT2D eigenvalue weighted by Crippen LogP contribution is -2.52. The fourth-order valence-electron chi connectivity index (χ4n) is 2.57. The Bertz CT molecular complexity index is 265. The maximum absolute atomic E-state index is 11.9. The molecule has 2 fully saturated rings. The Labute approximate surface area is 96.7 Å². The van der Waals surface area contributed by atoms with Crippen LogP contribution in [0.5, 0.6) is 0 Å². The van der Waals surface area contributed by atoms with Crippen LogP contribution < -0.4 is 5.32 Å². The first-order valence-electron chi connectivity index (χ1n) is 6.18. The van der Waals surface area contributed by atoms with E-state index in [4.69, 9.17) is 9.47 Å². The van der Waals surface area contributed by atoms with Crippen LogP contribution in [0.15, 0.2) is 0 Å². The second-order valence-electron chi connectivity index (χ2n) is 4.81. The van der Waals surface area contributed by atoms with Crippen molar-refractivity contribution < 1.29 is 14.3 Å². The normalized spacial score (nSPS) is 34.0. The highest BCUT2D eigenvalue weighted by molar-refractivity contribution is 5.81. The first kappa shape index (κ1) is 11.9. The van der Waals surface area contributed by atoms with Gasteiger partial charge in [-0.05, 0) is 32.6 Å². The maximum Gasteiger partial charge on any atom is 0.326 e. The molecule has 2 aliphatic rings. The second kappa shape index (κ2) is 4.72. The Balaban J connectivity index is 2.00. The van der Waals surface area contributed by atoms with Crippen LogP contribution in [0.25, 0.3) is 0 Å². The van der Waals surface area contributed by atoms with Crippen LogP contribution in [0.3, 0.4) is 0 Å². The van der Waals surface area contributed by atoms with Crippen LogP contribution in [0.4, 0.5) is 0 Å². The number of ether oxygens (including phenoxy) is 2. The van der Waals surface area contributed by atoms with Gasteiger partial charge in [0, 0.05) is 19.1 Å². The zero-order valence-electron chi connectivity index (χ0n) is 10.1. The van der Waals surface area contributed by atoms with Crippen molar-refractivity contribution in [2.45, 2.75) is 56.7 Å². The fraction of sp³-hybridized carbons (Fsp3) is 0.917. The van der Waals surface area contributed by atoms with Crippen molar-refractivity contribution in [3.05, 3.63) is 0 Å². The highest BCUT2D eigenvalue weighted by Gasteiger charge is 2.49. The molecule has 92 valence electrons. The van der Waals surface area contributed by atoms with Gasteiger partial charge in [-0.25, -0.2) is 0 Å². The van der Waals surface area contributed by atoms with E-state index in [-0.39, 0.29) is 12.1 Å². The lowest BCUT2D eigenvalue weighted by molar-refractivity contribution is -0.149. The molecule has 0 amide bonds. The van der Waals surface area contributed by atoms with Crippen LogP contribution in [-0.4, -0.2) is 37.4 Å². The molecule has 4 heteroatoms. The Morgan fingerprint density at radius 2 is 2.19 bits per heavy atom. The van der Waals surface area contributed by atoms with Crippen molar-refractivity contribution in [3.8, 4) is 0 Å². The van der Waals surface area contributed by atoms with Crippen molar-refractivity contribution in [1.29, 1.82) is 0 Å². The summed E-state index contributed by atoms with van der Waals surface area (Å²) in [7, 11) is 1.46. The number of hydrogen-bond acceptors (Lipinski definition) is 4. The smallest absolute Gasteiger partial charge is 0.326 e. The van der Waals surface area contributed by atoms with Crippen LogP contribution in [0, 0.1) is 0 Å². The summed E-state index contributed by atoms with van der Waals surface area (Å²) in [5.74, 6) is -0.124. The van der Waals surface area contributed by atoms with Crippen molar-refractivity contribution in [2.75, 3.05) is 13.7 Å². The van der Waals surface area contributed by atoms with Crippen LogP contribution in [0.1, 0.15) is 39.0 Å². The lowest BCUT2D eigenvalue weighted by Gasteiger charge is -2.27. The zero-order chi connectivity index (χ0) is 11.6. The predicted molar refractivity (Wildman–Crippen MR) is 60.2 cm³/mol. The van der Waals surface area contributed by atoms with Gasteiger partial charge in [-0.3, -0.25) is 10.1 Å². The minimum absolute atomic E-state index is 0.124. The molecule has 2 unspecified atom stereocenters. The van der Waals surface area contributed by atoms with E-state index in [0.717, 1.165) is 19.3 Å². The summed E-state index contributed by atoms with van der Waals surface area (Å²) in [5, 5.41) is 3.45. The largest absolute Gasteiger partial charge is 0.468 e. The van der Waals surface area contributed by atoms with E-state index in [9.17, 15) is 4.79 Å². The molecule has 0 saturated heterocycles. The van der Waals surface area contributed by atoms with E-state index in [0.29, 0.717) is 12.6 Å². The van der Waals surface area contributed by atoms with Gasteiger partial charge < -0.3 is 9.47 Å². The Hall–Kier alpha value is -0.610. The molecule has 2 rings (SSSR count). The molecule has 0 aliphatic heterocycles. The molecule has 16 heavy (non-hydrogen) atoms. The topological polar surface area (TPSA) is 47.6 Å². The molecule has 0 radical (unpaired) electrons. The molecule has 0 aromatic carbocycles. The van der Waals surface area contributed by atoms with Crippen molar-refractivity contribution >= 4 is 5.97 Å². The molecule has 2 saturated carbocycles. The lowest BCUT2D eigenvalue weighted by atomic mass is 9.97. The third-order valence-electron chi connectivity index (χ3n) is 3.51. The van der Waals surface area contributed by atoms with Gasteiger partial charge >= 0.3 is 5.97 Å². The first-order valence-corrected chi connectivity index (χ1v) is 6.18. The molecule has 0 spiro atoms. The number of rotatable bonds is 5. The van der Waals surface area contributed by atoms with E-state index in [1.165, 1.54) is 20.0 Å². The molecule has 1 N–H and O–H groups in total. The summed E-state index contributed by atoms with van der Waals surface area (Å²) in [6, 6.07) is 0.513. The van der Waals surface area contributed by atoms with Gasteiger partial charge in [-0.15, -0.1) is 0 Å². The summed E-state index contributed by atoms with van der Waals surface area (Å²) in [6.45, 7) is 2.71. The predicted octanol–water partition coefficient (Wildman–Crippen LogP) is 1.24. The van der Waals surface area contributed by atoms with Crippen LogP contribution >= 0.6 is 0 Å². The molecule has 0 heterocycles. The van der Waals surface area contributed by atoms with E-state index in [2.05, 4.69) is 5.32 Å². The number of esters is 1. The van der Waals surface area contributed by atoms with Crippen LogP contribution in [0.2, 0.25) is 0 Å². The average molecular weight is 227 g/mol. The average Bonchev–Trinajstić information content (AvgIpc) is 2.99. The summed E-state index contributed by atoms with van der Waals surface area (Å²) in [5.41, 5.74) is -0.476. The Morgan fingerprint density at radius 3 is 2.75 bits per heavy atom. The molecular formula is C12H21NO3. The highest BCUT2D eigenvalue weighted by atomic mass is 16.5. The quantitative estimate of drug-likeness (QED) is 0.718. The summed E-state index contributed by atoms with van der Waals surface area (Å²) in [4.78, 5) is 11.9. The van der Waals surface area contributed by atoms with Gasteiger partial charge in [-0.1, -0.05) is 0 Å². The summed E-state index contributed by atoms with van der Waals surface area (Å²) < 4.78 is 10.5. The Kier molecular flexibility index (Phi) is 3.50. The molecule has 2 atom stereocenters. The molecule has 0 aromatic rings. The Morgan fingerprint density at radius 1 is 1.44 bits per heavy atom. The van der Waals surface area contributed by atoms with E-state index >= 15 is 0 Å². The van der Waals surface area contributed by atoms with Crippen molar-refractivity contribution in [1.82, 2.24) is 5.32 Å². The van der Waals surface area contributed by atoms with E-state index in [1.54, 1.807) is 0 Å². The summed E-state index contributed by atoms with van der Waals surface area (Å²) >= 11 is 0. The molecule has 0 aromatic heterocycles. The van der Waals surface area contributed by atoms with Gasteiger partial charge in [0.05, 0.1) is 13.2 Å². The van der Waals surface area contributed by atoms with Gasteiger partial charge in [0.15, 0.2) is 0 Å². The first-order chi connectivity index (χ1) is 7.70. The van der Waals surface area contributed by atoms with Gasteiger partial charge in [0.2, 0.25) is 0 Å². The second-order valence-corrected chi connectivity index (χ2v) is 4.81. The number of carbonyl (C=O) groups is 1. The third kappa shape index (κ3) is 2.38. The third-order valence-corrected chi connectivity index (χ3v) is 3.51. The fourth-order valence-corrected chi connectivity index (χ4v) is 2.57. The highest BCUT2D eigenvalue weighted by Crippen LogP contribution is 2.36. The van der Waals surface area contributed by atoms with Gasteiger partial charge in [-0.2, -0.15) is 0 Å². The minimum Gasteiger partial charge on any atom is -0.468 e. The summed E-state index contributed by atoms with van der Waals surface area (Å²) in [6.07, 6.45) is 5.10. The number of methoxy groups -OCH3 is 1. The van der Waals surface area contributed by atoms with Gasteiger partial charge in [0.25, 0.3) is 0 Å². The number of nitrogens with one attached hydrogen (secondary N) is 1. The van der Waals surface area contributed by atoms with Crippen molar-refractivity contribution in [3.63, 3.8) is 0 Å². The zero-order valence-corrected chi connectivity index (χ0v) is 10.1. The molecule has 4 nitrogen and oxygen atoms in total. The monoisotopic (exact) mass is 227 g/mol. The minimum atomic E-state index is -0.476. The van der Waals surface area contributed by atoms with Gasteiger partial charge in [0.1, 0.15) is 5.54 Å². The maximum atomic E-state index is 11.9. The molecule has 0 bridgehead atoms. The van der Waals surface area contributed by atoms with E-state index in [1.807, 2.05) is 6.92 Å². The van der Waals surface area contributed by atoms with Crippen LogP contribution in [-0.2, 0) is 14.3 Å². The number of hydrogen-bond donors (Lipinski definition) is 1. The molecular weight excluding hydrogens is 206 g/mol. The SMILES string of the molecule is CCOC1CCC(NC2CC2)(C(=O)OC)C1. The standard InChI is InChI=1S/C12H21NO3/c1-3-16-10-6-7-12(8-10,11(14)15-2)13-9-4-5-9/h9-10,13H,3-8H2,1-2H3. The molecule has 2 aliphatic carbocycles. The number of carbonyl (C=O) groups excluding carboxylic acids is 1.